The number of fused-ring (bicyclic) bond motifs is 1. The average molecular weight is 382 g/mol. The number of carbonyl (C=O) groups is 2. The van der Waals surface area contributed by atoms with Gasteiger partial charge in [-0.2, -0.15) is 4.68 Å². The molecule has 0 bridgehead atoms. The number of benzene rings is 1. The Balaban J connectivity index is 2.40. The molecule has 0 amide bonds. The molecule has 0 saturated heterocycles. The van der Waals surface area contributed by atoms with Gasteiger partial charge in [0.15, 0.2) is 5.82 Å². The van der Waals surface area contributed by atoms with Gasteiger partial charge in [-0.05, 0) is 18.6 Å². The Bertz CT molecular complexity index is 990. The molecule has 1 aromatic heterocycles. The first-order valence-electron chi connectivity index (χ1n) is 7.31. The molecule has 1 aromatic carbocycles. The van der Waals surface area contributed by atoms with E-state index in [-0.39, 0.29) is 15.9 Å². The standard InChI is InChI=1S/C16H13Cl2N3O4/c1-7-13(16(24)25)15(9-4-3-5-10(17)14(9)18)21-11(19-7)6-12(23)20(21)8(2)22/h3-6,13,15H,1-2H3,(H,24,25). The zero-order valence-corrected chi connectivity index (χ0v) is 14.7. The van der Waals surface area contributed by atoms with Crippen LogP contribution in [0.25, 0.3) is 0 Å². The monoisotopic (exact) mass is 381 g/mol. The Hall–Kier alpha value is -2.38. The highest BCUT2D eigenvalue weighted by Crippen LogP contribution is 2.40. The van der Waals surface area contributed by atoms with Crippen LogP contribution in [0.2, 0.25) is 10.0 Å². The van der Waals surface area contributed by atoms with E-state index in [4.69, 9.17) is 23.2 Å². The molecule has 2 heterocycles. The number of hydrogen-bond acceptors (Lipinski definition) is 4. The fraction of sp³-hybridized carbons (Fsp3) is 0.250. The van der Waals surface area contributed by atoms with E-state index in [2.05, 4.69) is 4.99 Å². The molecule has 2 atom stereocenters. The highest BCUT2D eigenvalue weighted by Gasteiger charge is 2.41. The van der Waals surface area contributed by atoms with Crippen molar-refractivity contribution in [2.45, 2.75) is 19.9 Å². The van der Waals surface area contributed by atoms with E-state index in [1.807, 2.05) is 0 Å². The Morgan fingerprint density at radius 2 is 1.96 bits per heavy atom. The molecule has 0 spiro atoms. The first-order chi connectivity index (χ1) is 11.7. The molecule has 1 aliphatic rings. The zero-order chi connectivity index (χ0) is 18.5. The van der Waals surface area contributed by atoms with Crippen LogP contribution in [0.3, 0.4) is 0 Å². The first-order valence-corrected chi connectivity index (χ1v) is 8.07. The number of aliphatic imine (C=N–C) groups is 1. The predicted molar refractivity (Wildman–Crippen MR) is 93.5 cm³/mol. The number of hydrogen-bond donors (Lipinski definition) is 1. The Labute approximate surface area is 152 Å². The van der Waals surface area contributed by atoms with Crippen molar-refractivity contribution in [3.63, 3.8) is 0 Å². The number of aliphatic carboxylic acids is 1. The number of carboxylic acids is 1. The summed E-state index contributed by atoms with van der Waals surface area (Å²) < 4.78 is 2.14. The van der Waals surface area contributed by atoms with Crippen molar-refractivity contribution in [3.8, 4) is 0 Å². The van der Waals surface area contributed by atoms with Gasteiger partial charge in [-0.25, -0.2) is 9.67 Å². The molecular formula is C16H13Cl2N3O4. The number of rotatable bonds is 2. The SMILES string of the molecule is CC(=O)n1c(=O)cc2n1C(c1cccc(Cl)c1Cl)C(C(=O)O)C(C)=N2. The van der Waals surface area contributed by atoms with Gasteiger partial charge in [0.05, 0.1) is 16.1 Å². The number of carboxylic acid groups (broad SMARTS) is 1. The zero-order valence-electron chi connectivity index (χ0n) is 13.2. The summed E-state index contributed by atoms with van der Waals surface area (Å²) in [5.74, 6) is -2.63. The van der Waals surface area contributed by atoms with Gasteiger partial charge in [-0.3, -0.25) is 14.4 Å². The van der Waals surface area contributed by atoms with Crippen LogP contribution in [-0.4, -0.2) is 32.1 Å². The second-order valence-corrected chi connectivity index (χ2v) is 6.46. The predicted octanol–water partition coefficient (Wildman–Crippen LogP) is 3.01. The minimum Gasteiger partial charge on any atom is -0.481 e. The lowest BCUT2D eigenvalue weighted by Gasteiger charge is -2.32. The van der Waals surface area contributed by atoms with Gasteiger partial charge >= 0.3 is 5.97 Å². The van der Waals surface area contributed by atoms with Crippen LogP contribution in [-0.2, 0) is 4.79 Å². The summed E-state index contributed by atoms with van der Waals surface area (Å²) in [4.78, 5) is 40.3. The lowest BCUT2D eigenvalue weighted by molar-refractivity contribution is -0.140. The quantitative estimate of drug-likeness (QED) is 0.864. The van der Waals surface area contributed by atoms with E-state index in [0.717, 1.165) is 4.68 Å². The molecule has 130 valence electrons. The summed E-state index contributed by atoms with van der Waals surface area (Å²) in [6.07, 6.45) is 0. The lowest BCUT2D eigenvalue weighted by atomic mass is 9.88. The molecule has 9 heteroatoms. The lowest BCUT2D eigenvalue weighted by Crippen LogP contribution is -2.40. The van der Waals surface area contributed by atoms with Gasteiger partial charge in [0.1, 0.15) is 5.92 Å². The minimum absolute atomic E-state index is 0.164. The van der Waals surface area contributed by atoms with Crippen LogP contribution < -0.4 is 5.56 Å². The van der Waals surface area contributed by atoms with Crippen molar-refractivity contribution in [2.24, 2.45) is 10.9 Å². The third-order valence-electron chi connectivity index (χ3n) is 4.10. The Morgan fingerprint density at radius 1 is 1.28 bits per heavy atom. The molecule has 0 aliphatic carbocycles. The summed E-state index contributed by atoms with van der Waals surface area (Å²) >= 11 is 12.4. The van der Waals surface area contributed by atoms with E-state index in [0.29, 0.717) is 11.3 Å². The molecule has 25 heavy (non-hydrogen) atoms. The van der Waals surface area contributed by atoms with Gasteiger partial charge in [0.25, 0.3) is 5.56 Å². The second-order valence-electron chi connectivity index (χ2n) is 5.67. The summed E-state index contributed by atoms with van der Waals surface area (Å²) in [6.45, 7) is 2.77. The Kier molecular flexibility index (Phi) is 4.30. The molecule has 0 radical (unpaired) electrons. The number of aromatic nitrogens is 2. The van der Waals surface area contributed by atoms with Crippen molar-refractivity contribution in [1.29, 1.82) is 0 Å². The van der Waals surface area contributed by atoms with Crippen molar-refractivity contribution in [1.82, 2.24) is 9.36 Å². The topological polar surface area (TPSA) is 93.7 Å². The highest BCUT2D eigenvalue weighted by molar-refractivity contribution is 6.42. The normalized spacial score (nSPS) is 19.3. The second kappa shape index (κ2) is 6.16. The fourth-order valence-electron chi connectivity index (χ4n) is 3.10. The van der Waals surface area contributed by atoms with Gasteiger partial charge in [0.2, 0.25) is 5.91 Å². The van der Waals surface area contributed by atoms with Gasteiger partial charge in [0, 0.05) is 18.7 Å². The highest BCUT2D eigenvalue weighted by atomic mass is 35.5. The summed E-state index contributed by atoms with van der Waals surface area (Å²) in [5, 5.41) is 10.1. The number of halogens is 2. The van der Waals surface area contributed by atoms with Crippen LogP contribution in [0.15, 0.2) is 34.1 Å². The number of nitrogens with zero attached hydrogens (tertiary/aromatic N) is 3. The van der Waals surface area contributed by atoms with Crippen molar-refractivity contribution >= 4 is 46.6 Å². The molecule has 0 fully saturated rings. The van der Waals surface area contributed by atoms with E-state index < -0.39 is 29.4 Å². The molecule has 2 unspecified atom stereocenters. The van der Waals surface area contributed by atoms with Gasteiger partial charge in [-0.1, -0.05) is 35.3 Å². The molecule has 7 nitrogen and oxygen atoms in total. The van der Waals surface area contributed by atoms with E-state index in [9.17, 15) is 19.5 Å². The minimum atomic E-state index is -1.15. The third-order valence-corrected chi connectivity index (χ3v) is 4.93. The molecule has 3 rings (SSSR count). The smallest absolute Gasteiger partial charge is 0.314 e. The van der Waals surface area contributed by atoms with Crippen molar-refractivity contribution < 1.29 is 14.7 Å². The van der Waals surface area contributed by atoms with Crippen molar-refractivity contribution in [3.05, 3.63) is 50.2 Å². The van der Waals surface area contributed by atoms with Crippen LogP contribution in [0.5, 0.6) is 0 Å². The first kappa shape index (κ1) is 17.4. The maximum Gasteiger partial charge on any atom is 0.314 e. The third kappa shape index (κ3) is 2.69. The Morgan fingerprint density at radius 3 is 2.56 bits per heavy atom. The molecule has 1 N–H and O–H groups in total. The van der Waals surface area contributed by atoms with Crippen LogP contribution in [0.1, 0.15) is 30.2 Å². The number of carbonyl (C=O) groups excluding carboxylic acids is 1. The van der Waals surface area contributed by atoms with Crippen LogP contribution in [0, 0.1) is 5.92 Å². The van der Waals surface area contributed by atoms with E-state index >= 15 is 0 Å². The largest absolute Gasteiger partial charge is 0.481 e. The van der Waals surface area contributed by atoms with Crippen molar-refractivity contribution in [2.75, 3.05) is 0 Å². The molecular weight excluding hydrogens is 369 g/mol. The summed E-state index contributed by atoms with van der Waals surface area (Å²) in [6, 6.07) is 5.06. The average Bonchev–Trinajstić information content (AvgIpc) is 2.84. The van der Waals surface area contributed by atoms with E-state index in [1.165, 1.54) is 17.7 Å². The molecule has 2 aromatic rings. The molecule has 0 saturated carbocycles. The maximum atomic E-state index is 12.2. The molecule has 1 aliphatic heterocycles. The van der Waals surface area contributed by atoms with Gasteiger partial charge in [-0.15, -0.1) is 0 Å². The summed E-state index contributed by atoms with van der Waals surface area (Å²) in [5.41, 5.74) is 0.102. The fourth-order valence-corrected chi connectivity index (χ4v) is 3.52. The van der Waals surface area contributed by atoms with E-state index in [1.54, 1.807) is 25.1 Å². The van der Waals surface area contributed by atoms with Crippen LogP contribution >= 0.6 is 23.2 Å². The van der Waals surface area contributed by atoms with Gasteiger partial charge < -0.3 is 5.11 Å². The maximum absolute atomic E-state index is 12.2. The van der Waals surface area contributed by atoms with Crippen LogP contribution in [0.4, 0.5) is 5.82 Å². The summed E-state index contributed by atoms with van der Waals surface area (Å²) in [7, 11) is 0.